The van der Waals surface area contributed by atoms with Crippen LogP contribution in [0, 0.1) is 28.6 Å². The van der Waals surface area contributed by atoms with Crippen LogP contribution >= 0.6 is 0 Å². The van der Waals surface area contributed by atoms with Gasteiger partial charge in [0.25, 0.3) is 0 Å². The molecule has 0 saturated heterocycles. The van der Waals surface area contributed by atoms with Crippen molar-refractivity contribution in [2.24, 2.45) is 28.6 Å². The molecule has 3 aliphatic carbocycles. The molecule has 1 spiro atoms. The third kappa shape index (κ3) is 0.978. The fourth-order valence-electron chi connectivity index (χ4n) is 5.64. The second-order valence-corrected chi connectivity index (χ2v) is 7.57. The molecule has 1 nitrogen and oxygen atoms in total. The van der Waals surface area contributed by atoms with E-state index in [1.807, 2.05) is 0 Å². The highest BCUT2D eigenvalue weighted by molar-refractivity contribution is 5.17. The normalized spacial score (nSPS) is 58.7. The smallest absolute Gasteiger partial charge is 0.0701 e. The molecule has 0 heterocycles. The van der Waals surface area contributed by atoms with Crippen LogP contribution in [0.1, 0.15) is 59.8 Å². The first-order chi connectivity index (χ1) is 7.32. The summed E-state index contributed by atoms with van der Waals surface area (Å²) in [6, 6.07) is 0. The van der Waals surface area contributed by atoms with Gasteiger partial charge in [0, 0.05) is 0 Å². The van der Waals surface area contributed by atoms with Gasteiger partial charge in [0.2, 0.25) is 0 Å². The molecule has 1 heteroatoms. The van der Waals surface area contributed by atoms with Crippen LogP contribution in [0.4, 0.5) is 0 Å². The van der Waals surface area contributed by atoms with Crippen LogP contribution in [0.3, 0.4) is 0 Å². The summed E-state index contributed by atoms with van der Waals surface area (Å²) in [6.45, 7) is 9.21. The zero-order valence-electron chi connectivity index (χ0n) is 11.2. The summed E-state index contributed by atoms with van der Waals surface area (Å²) in [5, 5.41) is 10.9. The van der Waals surface area contributed by atoms with E-state index in [1.54, 1.807) is 0 Å². The summed E-state index contributed by atoms with van der Waals surface area (Å²) < 4.78 is 0. The molecule has 3 fully saturated rings. The zero-order valence-corrected chi connectivity index (χ0v) is 11.2. The van der Waals surface area contributed by atoms with E-state index in [-0.39, 0.29) is 5.41 Å². The molecule has 92 valence electrons. The first-order valence-electron chi connectivity index (χ1n) is 7.05. The van der Waals surface area contributed by atoms with Crippen molar-refractivity contribution in [3.05, 3.63) is 0 Å². The number of hydrogen-bond donors (Lipinski definition) is 1. The van der Waals surface area contributed by atoms with E-state index in [2.05, 4.69) is 27.7 Å². The van der Waals surface area contributed by atoms with Gasteiger partial charge in [-0.25, -0.2) is 0 Å². The van der Waals surface area contributed by atoms with Crippen molar-refractivity contribution >= 4 is 0 Å². The molecule has 0 aromatic rings. The van der Waals surface area contributed by atoms with Gasteiger partial charge in [-0.3, -0.25) is 0 Å². The fourth-order valence-corrected chi connectivity index (χ4v) is 5.64. The SMILES string of the molecule is C[C@H]1CCC2C(C)(C)[C@@](C)(O)[C@@H]3CC[C@@]21C3. The van der Waals surface area contributed by atoms with E-state index >= 15 is 0 Å². The summed E-state index contributed by atoms with van der Waals surface area (Å²) in [7, 11) is 0. The minimum Gasteiger partial charge on any atom is -0.389 e. The predicted octanol–water partition coefficient (Wildman–Crippen LogP) is 3.61. The molecule has 0 aliphatic heterocycles. The molecule has 3 saturated carbocycles. The van der Waals surface area contributed by atoms with Crippen LogP contribution in [0.5, 0.6) is 0 Å². The Morgan fingerprint density at radius 1 is 1.06 bits per heavy atom. The molecule has 3 aliphatic rings. The van der Waals surface area contributed by atoms with Crippen molar-refractivity contribution in [1.82, 2.24) is 0 Å². The van der Waals surface area contributed by atoms with Gasteiger partial charge in [-0.1, -0.05) is 20.8 Å². The van der Waals surface area contributed by atoms with E-state index in [4.69, 9.17) is 0 Å². The lowest BCUT2D eigenvalue weighted by Crippen LogP contribution is -2.57. The lowest BCUT2D eigenvalue weighted by Gasteiger charge is -2.57. The maximum atomic E-state index is 10.9. The van der Waals surface area contributed by atoms with E-state index in [9.17, 15) is 5.11 Å². The molecule has 16 heavy (non-hydrogen) atoms. The van der Waals surface area contributed by atoms with Crippen LogP contribution in [-0.4, -0.2) is 10.7 Å². The third-order valence-corrected chi connectivity index (χ3v) is 7.12. The van der Waals surface area contributed by atoms with E-state index < -0.39 is 5.60 Å². The summed E-state index contributed by atoms with van der Waals surface area (Å²) in [5.41, 5.74) is 0.259. The predicted molar refractivity (Wildman–Crippen MR) is 66.1 cm³/mol. The maximum Gasteiger partial charge on any atom is 0.0701 e. The minimum atomic E-state index is -0.443. The van der Waals surface area contributed by atoms with Gasteiger partial charge in [-0.05, 0) is 67.6 Å². The molecule has 1 unspecified atom stereocenters. The van der Waals surface area contributed by atoms with Crippen LogP contribution in [0.2, 0.25) is 0 Å². The highest BCUT2D eigenvalue weighted by atomic mass is 16.3. The first-order valence-corrected chi connectivity index (χ1v) is 7.05. The molecular weight excluding hydrogens is 196 g/mol. The van der Waals surface area contributed by atoms with Crippen LogP contribution in [-0.2, 0) is 0 Å². The van der Waals surface area contributed by atoms with E-state index in [1.165, 1.54) is 32.1 Å². The van der Waals surface area contributed by atoms with Gasteiger partial charge in [0.1, 0.15) is 0 Å². The van der Waals surface area contributed by atoms with E-state index in [0.717, 1.165) is 11.8 Å². The Morgan fingerprint density at radius 3 is 2.44 bits per heavy atom. The Hall–Kier alpha value is -0.0400. The minimum absolute atomic E-state index is 0.108. The molecular formula is C15H26O. The van der Waals surface area contributed by atoms with Gasteiger partial charge in [0.05, 0.1) is 5.60 Å². The number of fused-ring (bicyclic) bond motifs is 1. The molecule has 0 amide bonds. The van der Waals surface area contributed by atoms with Crippen molar-refractivity contribution in [2.45, 2.75) is 65.4 Å². The summed E-state index contributed by atoms with van der Waals surface area (Å²) >= 11 is 0. The highest BCUT2D eigenvalue weighted by Crippen LogP contribution is 2.71. The monoisotopic (exact) mass is 222 g/mol. The number of hydrogen-bond acceptors (Lipinski definition) is 1. The standard InChI is InChI=1S/C15H26O/c1-10-5-6-12-13(2,3)14(4,16)11-7-8-15(10,12)9-11/h10-12,16H,5-9H2,1-4H3/t10-,11+,12?,14-,15-/m0/s1. The lowest BCUT2D eigenvalue weighted by molar-refractivity contribution is -0.171. The van der Waals surface area contributed by atoms with Crippen LogP contribution in [0.15, 0.2) is 0 Å². The molecule has 0 aromatic carbocycles. The van der Waals surface area contributed by atoms with Gasteiger partial charge in [-0.2, -0.15) is 0 Å². The second-order valence-electron chi connectivity index (χ2n) is 7.57. The van der Waals surface area contributed by atoms with Crippen LogP contribution in [0.25, 0.3) is 0 Å². The first kappa shape index (κ1) is 11.1. The number of aliphatic hydroxyl groups is 1. The summed E-state index contributed by atoms with van der Waals surface area (Å²) in [5.74, 6) is 2.20. The average molecular weight is 222 g/mol. The quantitative estimate of drug-likeness (QED) is 0.664. The van der Waals surface area contributed by atoms with Crippen molar-refractivity contribution in [1.29, 1.82) is 0 Å². The largest absolute Gasteiger partial charge is 0.389 e. The van der Waals surface area contributed by atoms with Crippen molar-refractivity contribution in [3.8, 4) is 0 Å². The van der Waals surface area contributed by atoms with Crippen molar-refractivity contribution in [3.63, 3.8) is 0 Å². The molecule has 0 aromatic heterocycles. The van der Waals surface area contributed by atoms with E-state index in [0.29, 0.717) is 11.3 Å². The topological polar surface area (TPSA) is 20.2 Å². The Balaban J connectivity index is 2.10. The number of rotatable bonds is 0. The molecule has 0 radical (unpaired) electrons. The van der Waals surface area contributed by atoms with Gasteiger partial charge >= 0.3 is 0 Å². The molecule has 5 atom stereocenters. The Bertz CT molecular complexity index is 317. The summed E-state index contributed by atoms with van der Waals surface area (Å²) in [6.07, 6.45) is 6.67. The molecule has 2 bridgehead atoms. The van der Waals surface area contributed by atoms with Gasteiger partial charge in [0.15, 0.2) is 0 Å². The maximum absolute atomic E-state index is 10.9. The van der Waals surface area contributed by atoms with Crippen molar-refractivity contribution in [2.75, 3.05) is 0 Å². The lowest BCUT2D eigenvalue weighted by atomic mass is 9.50. The Morgan fingerprint density at radius 2 is 1.75 bits per heavy atom. The third-order valence-electron chi connectivity index (χ3n) is 7.12. The Labute approximate surface area is 99.6 Å². The van der Waals surface area contributed by atoms with Crippen molar-refractivity contribution < 1.29 is 5.11 Å². The highest BCUT2D eigenvalue weighted by Gasteiger charge is 2.67. The average Bonchev–Trinajstić information content (AvgIpc) is 2.73. The fraction of sp³-hybridized carbons (Fsp3) is 1.00. The van der Waals surface area contributed by atoms with Crippen LogP contribution < -0.4 is 0 Å². The van der Waals surface area contributed by atoms with Gasteiger partial charge in [-0.15, -0.1) is 0 Å². The Kier molecular flexibility index (Phi) is 1.98. The molecule has 3 rings (SSSR count). The zero-order chi connectivity index (χ0) is 11.8. The molecule has 1 N–H and O–H groups in total. The second kappa shape index (κ2) is 2.85. The van der Waals surface area contributed by atoms with Gasteiger partial charge < -0.3 is 5.11 Å². The summed E-state index contributed by atoms with van der Waals surface area (Å²) in [4.78, 5) is 0.